The van der Waals surface area contributed by atoms with Crippen molar-refractivity contribution in [3.8, 4) is 5.75 Å². The number of carbonyl (C=O) groups excluding carboxylic acids is 1. The van der Waals surface area contributed by atoms with Gasteiger partial charge in [-0.05, 0) is 65.7 Å². The Kier molecular flexibility index (Phi) is 7.35. The minimum Gasteiger partial charge on any atom is -0.459 e. The fourth-order valence-corrected chi connectivity index (χ4v) is 4.42. The molecule has 0 spiro atoms. The number of furan rings is 1. The lowest BCUT2D eigenvalue weighted by atomic mass is 10.1. The van der Waals surface area contributed by atoms with Gasteiger partial charge in [0.25, 0.3) is 5.91 Å². The van der Waals surface area contributed by atoms with Gasteiger partial charge in [0, 0.05) is 13.1 Å². The summed E-state index contributed by atoms with van der Waals surface area (Å²) in [6, 6.07) is 17.7. The third-order valence-electron chi connectivity index (χ3n) is 5.26. The molecule has 1 amide bonds. The highest BCUT2D eigenvalue weighted by Gasteiger charge is 2.32. The number of benzene rings is 3. The number of halogens is 4. The number of rotatable bonds is 8. The van der Waals surface area contributed by atoms with Crippen molar-refractivity contribution in [3.05, 3.63) is 119 Å². The molecular weight excluding hydrogens is 514 g/mol. The summed E-state index contributed by atoms with van der Waals surface area (Å²) >= 11 is 0. The van der Waals surface area contributed by atoms with E-state index in [-0.39, 0.29) is 24.6 Å². The zero-order valence-electron chi connectivity index (χ0n) is 19.0. The Bertz CT molecular complexity index is 1470. The van der Waals surface area contributed by atoms with E-state index < -0.39 is 38.5 Å². The van der Waals surface area contributed by atoms with Crippen LogP contribution in [-0.4, -0.2) is 19.2 Å². The Balaban J connectivity index is 1.51. The highest BCUT2D eigenvalue weighted by molar-refractivity contribution is 7.87. The van der Waals surface area contributed by atoms with E-state index in [1.54, 1.807) is 18.2 Å². The quantitative estimate of drug-likeness (QED) is 0.204. The molecule has 4 aromatic rings. The molecule has 192 valence electrons. The second-order valence-electron chi connectivity index (χ2n) is 7.97. The number of carbonyl (C=O) groups is 1. The van der Waals surface area contributed by atoms with Gasteiger partial charge in [-0.2, -0.15) is 21.6 Å². The van der Waals surface area contributed by atoms with Crippen LogP contribution in [0.5, 0.6) is 5.75 Å². The van der Waals surface area contributed by atoms with E-state index in [1.165, 1.54) is 53.6 Å². The Hall–Kier alpha value is -4.12. The van der Waals surface area contributed by atoms with Crippen molar-refractivity contribution in [2.45, 2.75) is 24.2 Å². The lowest BCUT2D eigenvalue weighted by Crippen LogP contribution is -2.29. The van der Waals surface area contributed by atoms with Crippen molar-refractivity contribution in [1.29, 1.82) is 0 Å². The van der Waals surface area contributed by atoms with Gasteiger partial charge in [-0.1, -0.05) is 30.3 Å². The normalized spacial score (nSPS) is 11.8. The summed E-state index contributed by atoms with van der Waals surface area (Å²) in [4.78, 5) is 13.8. The van der Waals surface area contributed by atoms with Crippen LogP contribution in [0.4, 0.5) is 17.6 Å². The van der Waals surface area contributed by atoms with Gasteiger partial charge in [-0.3, -0.25) is 4.79 Å². The molecule has 37 heavy (non-hydrogen) atoms. The molecule has 0 fully saturated rings. The van der Waals surface area contributed by atoms with E-state index in [2.05, 4.69) is 0 Å². The van der Waals surface area contributed by atoms with E-state index >= 15 is 0 Å². The Labute approximate surface area is 209 Å². The molecule has 11 heteroatoms. The molecule has 6 nitrogen and oxygen atoms in total. The predicted octanol–water partition coefficient (Wildman–Crippen LogP) is 6.05. The molecule has 0 atom stereocenters. The average molecular weight is 533 g/mol. The van der Waals surface area contributed by atoms with Crippen molar-refractivity contribution >= 4 is 16.0 Å². The number of alkyl halides is 3. The molecule has 0 bridgehead atoms. The van der Waals surface area contributed by atoms with E-state index in [0.29, 0.717) is 17.2 Å². The lowest BCUT2D eigenvalue weighted by Gasteiger charge is -2.22. The third kappa shape index (κ3) is 6.56. The number of amides is 1. The summed E-state index contributed by atoms with van der Waals surface area (Å²) in [5.41, 5.74) is 0.161. The molecule has 1 aromatic heterocycles. The highest BCUT2D eigenvalue weighted by Crippen LogP contribution is 2.31. The summed E-state index contributed by atoms with van der Waals surface area (Å²) in [6.07, 6.45) is -3.35. The number of hydrogen-bond acceptors (Lipinski definition) is 5. The molecule has 4 rings (SSSR count). The molecule has 0 aliphatic carbocycles. The maximum atomic E-state index is 13.3. The molecule has 0 saturated carbocycles. The van der Waals surface area contributed by atoms with Gasteiger partial charge in [0.1, 0.15) is 16.5 Å². The molecule has 0 unspecified atom stereocenters. The average Bonchev–Trinajstić information content (AvgIpc) is 3.40. The van der Waals surface area contributed by atoms with Crippen LogP contribution in [0.1, 0.15) is 27.2 Å². The molecule has 0 aliphatic heterocycles. The van der Waals surface area contributed by atoms with Crippen molar-refractivity contribution in [2.24, 2.45) is 0 Å². The van der Waals surface area contributed by atoms with Gasteiger partial charge in [0.2, 0.25) is 0 Å². The molecule has 0 radical (unpaired) electrons. The minimum absolute atomic E-state index is 0.0948. The Morgan fingerprint density at radius 2 is 1.49 bits per heavy atom. The van der Waals surface area contributed by atoms with Crippen molar-refractivity contribution in [3.63, 3.8) is 0 Å². The summed E-state index contributed by atoms with van der Waals surface area (Å²) in [7, 11) is -4.53. The van der Waals surface area contributed by atoms with Crippen molar-refractivity contribution in [1.82, 2.24) is 4.90 Å². The van der Waals surface area contributed by atoms with Gasteiger partial charge >= 0.3 is 16.3 Å². The second kappa shape index (κ2) is 10.5. The maximum Gasteiger partial charge on any atom is 0.416 e. The first kappa shape index (κ1) is 26.0. The zero-order valence-corrected chi connectivity index (χ0v) is 19.8. The van der Waals surface area contributed by atoms with Crippen LogP contribution in [-0.2, 0) is 29.4 Å². The largest absolute Gasteiger partial charge is 0.459 e. The molecule has 0 N–H and O–H groups in total. The molecular formula is C26H19F4NO5S. The van der Waals surface area contributed by atoms with Gasteiger partial charge in [-0.15, -0.1) is 0 Å². The van der Waals surface area contributed by atoms with Gasteiger partial charge < -0.3 is 13.5 Å². The van der Waals surface area contributed by atoms with E-state index in [9.17, 15) is 30.8 Å². The van der Waals surface area contributed by atoms with Gasteiger partial charge in [-0.25, -0.2) is 4.39 Å². The lowest BCUT2D eigenvalue weighted by molar-refractivity contribution is -0.137. The monoisotopic (exact) mass is 533 g/mol. The fraction of sp³-hybridized carbons (Fsp3) is 0.115. The smallest absolute Gasteiger partial charge is 0.416 e. The number of nitrogens with zero attached hydrogens (tertiary/aromatic N) is 1. The summed E-state index contributed by atoms with van der Waals surface area (Å²) in [6.45, 7) is 0.236. The van der Waals surface area contributed by atoms with E-state index in [1.807, 2.05) is 0 Å². The standard InChI is InChI=1S/C26H19F4NO5S/c27-21-10-6-18(7-11-21)16-31(25(32)24-5-2-14-35-24)17-19-8-12-22(13-9-19)36-37(33,34)23-4-1-3-20(15-23)26(28,29)30/h1-15H,16-17H2. The number of hydrogen-bond donors (Lipinski definition) is 0. The summed E-state index contributed by atoms with van der Waals surface area (Å²) in [5.74, 6) is -0.844. The molecule has 3 aromatic carbocycles. The molecule has 1 heterocycles. The Morgan fingerprint density at radius 3 is 2.05 bits per heavy atom. The van der Waals surface area contributed by atoms with Crippen LogP contribution in [0.15, 0.2) is 101 Å². The SMILES string of the molecule is O=C(c1ccco1)N(Cc1ccc(F)cc1)Cc1ccc(OS(=O)(=O)c2cccc(C(F)(F)F)c2)cc1. The topological polar surface area (TPSA) is 76.8 Å². The van der Waals surface area contributed by atoms with Crippen LogP contribution in [0.25, 0.3) is 0 Å². The molecule has 0 saturated heterocycles. The van der Waals surface area contributed by atoms with Gasteiger partial charge in [0.15, 0.2) is 5.76 Å². The fourth-order valence-electron chi connectivity index (χ4n) is 3.44. The van der Waals surface area contributed by atoms with Gasteiger partial charge in [0.05, 0.1) is 11.8 Å². The first-order valence-corrected chi connectivity index (χ1v) is 12.2. The Morgan fingerprint density at radius 1 is 0.865 bits per heavy atom. The van der Waals surface area contributed by atoms with Crippen LogP contribution in [0.2, 0.25) is 0 Å². The van der Waals surface area contributed by atoms with Crippen LogP contribution >= 0.6 is 0 Å². The van der Waals surface area contributed by atoms with E-state index in [4.69, 9.17) is 8.60 Å². The molecule has 0 aliphatic rings. The van der Waals surface area contributed by atoms with Crippen molar-refractivity contribution in [2.75, 3.05) is 0 Å². The highest BCUT2D eigenvalue weighted by atomic mass is 32.2. The zero-order chi connectivity index (χ0) is 26.6. The third-order valence-corrected chi connectivity index (χ3v) is 6.50. The summed E-state index contributed by atoms with van der Waals surface area (Å²) in [5, 5.41) is 0. The first-order chi connectivity index (χ1) is 17.5. The van der Waals surface area contributed by atoms with Crippen LogP contribution in [0, 0.1) is 5.82 Å². The van der Waals surface area contributed by atoms with Crippen molar-refractivity contribution < 1.29 is 39.4 Å². The van der Waals surface area contributed by atoms with Crippen LogP contribution in [0.3, 0.4) is 0 Å². The van der Waals surface area contributed by atoms with E-state index in [0.717, 1.165) is 18.2 Å². The first-order valence-electron chi connectivity index (χ1n) is 10.8. The summed E-state index contributed by atoms with van der Waals surface area (Å²) < 4.78 is 87.4. The predicted molar refractivity (Wildman–Crippen MR) is 124 cm³/mol. The van der Waals surface area contributed by atoms with Crippen LogP contribution < -0.4 is 4.18 Å². The maximum absolute atomic E-state index is 13.3. The second-order valence-corrected chi connectivity index (χ2v) is 9.52. The minimum atomic E-state index is -4.71.